The third-order valence-electron chi connectivity index (χ3n) is 3.40. The molecule has 0 spiro atoms. The van der Waals surface area contributed by atoms with Gasteiger partial charge in [0.2, 0.25) is 0 Å². The van der Waals surface area contributed by atoms with Crippen molar-refractivity contribution in [2.45, 2.75) is 12.1 Å². The Morgan fingerprint density at radius 2 is 2.21 bits per heavy atom. The molecular formula is C13H15FN4O. The summed E-state index contributed by atoms with van der Waals surface area (Å²) >= 11 is 0. The Morgan fingerprint density at radius 1 is 1.37 bits per heavy atom. The molecule has 0 saturated carbocycles. The zero-order valence-electron chi connectivity index (χ0n) is 10.4. The number of halogens is 1. The van der Waals surface area contributed by atoms with E-state index in [9.17, 15) is 4.39 Å². The molecule has 5 nitrogen and oxygen atoms in total. The topological polar surface area (TPSA) is 54.2 Å². The van der Waals surface area contributed by atoms with E-state index < -0.39 is 12.3 Å². The minimum absolute atomic E-state index is 0.184. The van der Waals surface area contributed by atoms with Gasteiger partial charge in [-0.25, -0.2) is 14.4 Å². The lowest BCUT2D eigenvalue weighted by molar-refractivity contribution is 0.0909. The number of alkyl halides is 1. The standard InChI is InChI=1S/C13H15FN4O/c14-13(9-19)4-6-17(8-13)11-2-1-3-12(16-11)18-7-5-15-10-18/h1-3,5,7,10,19H,4,6,8-9H2. The Hall–Kier alpha value is -1.95. The van der Waals surface area contributed by atoms with Gasteiger partial charge in [-0.05, 0) is 12.1 Å². The molecule has 19 heavy (non-hydrogen) atoms. The molecule has 1 atom stereocenters. The molecule has 3 rings (SSSR count). The summed E-state index contributed by atoms with van der Waals surface area (Å²) < 4.78 is 15.8. The fourth-order valence-electron chi connectivity index (χ4n) is 2.29. The van der Waals surface area contributed by atoms with Crippen molar-refractivity contribution in [3.63, 3.8) is 0 Å². The van der Waals surface area contributed by atoms with Crippen LogP contribution in [0.15, 0.2) is 36.9 Å². The van der Waals surface area contributed by atoms with Gasteiger partial charge in [-0.15, -0.1) is 0 Å². The predicted molar refractivity (Wildman–Crippen MR) is 69.1 cm³/mol. The highest BCUT2D eigenvalue weighted by atomic mass is 19.1. The summed E-state index contributed by atoms with van der Waals surface area (Å²) in [5, 5.41) is 9.06. The Kier molecular flexibility index (Phi) is 2.94. The number of aliphatic hydroxyl groups excluding tert-OH is 1. The van der Waals surface area contributed by atoms with Crippen LogP contribution in [-0.4, -0.2) is 45.0 Å². The van der Waals surface area contributed by atoms with E-state index in [1.807, 2.05) is 29.3 Å². The van der Waals surface area contributed by atoms with Crippen LogP contribution in [0.3, 0.4) is 0 Å². The van der Waals surface area contributed by atoms with Crippen molar-refractivity contribution in [3.8, 4) is 5.82 Å². The number of hydrogen-bond acceptors (Lipinski definition) is 4. The quantitative estimate of drug-likeness (QED) is 0.902. The Labute approximate surface area is 110 Å². The molecule has 1 unspecified atom stereocenters. The van der Waals surface area contributed by atoms with Crippen molar-refractivity contribution in [2.24, 2.45) is 0 Å². The van der Waals surface area contributed by atoms with Crippen LogP contribution in [-0.2, 0) is 0 Å². The predicted octanol–water partition coefficient (Wildman–Crippen LogP) is 1.18. The van der Waals surface area contributed by atoms with Gasteiger partial charge in [-0.2, -0.15) is 0 Å². The highest BCUT2D eigenvalue weighted by molar-refractivity contribution is 5.44. The van der Waals surface area contributed by atoms with Gasteiger partial charge in [-0.1, -0.05) is 6.07 Å². The lowest BCUT2D eigenvalue weighted by Crippen LogP contribution is -2.32. The monoisotopic (exact) mass is 262 g/mol. The largest absolute Gasteiger partial charge is 0.393 e. The van der Waals surface area contributed by atoms with E-state index in [0.717, 1.165) is 11.6 Å². The molecule has 0 bridgehead atoms. The normalized spacial score (nSPS) is 22.9. The molecule has 6 heteroatoms. The average Bonchev–Trinajstić information content (AvgIpc) is 3.09. The molecule has 100 valence electrons. The molecule has 1 aliphatic rings. The molecule has 3 heterocycles. The summed E-state index contributed by atoms with van der Waals surface area (Å²) in [4.78, 5) is 10.3. The fraction of sp³-hybridized carbons (Fsp3) is 0.385. The third-order valence-corrected chi connectivity index (χ3v) is 3.40. The summed E-state index contributed by atoms with van der Waals surface area (Å²) in [6.45, 7) is 0.312. The highest BCUT2D eigenvalue weighted by Gasteiger charge is 2.38. The zero-order chi connectivity index (χ0) is 13.3. The zero-order valence-corrected chi connectivity index (χ0v) is 10.4. The summed E-state index contributed by atoms with van der Waals surface area (Å²) in [6.07, 6.45) is 5.50. The van der Waals surface area contributed by atoms with E-state index >= 15 is 0 Å². The number of hydrogen-bond donors (Lipinski definition) is 1. The van der Waals surface area contributed by atoms with E-state index in [1.165, 1.54) is 0 Å². The van der Waals surface area contributed by atoms with E-state index in [4.69, 9.17) is 5.11 Å². The first kappa shape index (κ1) is 12.1. The minimum atomic E-state index is -1.51. The Morgan fingerprint density at radius 3 is 2.89 bits per heavy atom. The van der Waals surface area contributed by atoms with Crippen LogP contribution in [0.1, 0.15) is 6.42 Å². The van der Waals surface area contributed by atoms with Gasteiger partial charge in [0.05, 0.1) is 13.2 Å². The molecular weight excluding hydrogens is 247 g/mol. The number of imidazole rings is 1. The second-order valence-corrected chi connectivity index (χ2v) is 4.80. The number of aromatic nitrogens is 3. The number of pyridine rings is 1. The summed E-state index contributed by atoms with van der Waals surface area (Å²) in [5.41, 5.74) is -1.51. The van der Waals surface area contributed by atoms with Crippen LogP contribution >= 0.6 is 0 Å². The van der Waals surface area contributed by atoms with Crippen molar-refractivity contribution >= 4 is 5.82 Å². The van der Waals surface area contributed by atoms with Crippen molar-refractivity contribution in [3.05, 3.63) is 36.9 Å². The van der Waals surface area contributed by atoms with Crippen LogP contribution in [0.5, 0.6) is 0 Å². The average molecular weight is 262 g/mol. The summed E-state index contributed by atoms with van der Waals surface area (Å²) in [5.74, 6) is 1.47. The van der Waals surface area contributed by atoms with E-state index in [1.54, 1.807) is 17.1 Å². The van der Waals surface area contributed by atoms with Crippen LogP contribution in [0.4, 0.5) is 10.2 Å². The number of rotatable bonds is 3. The van der Waals surface area contributed by atoms with Crippen molar-refractivity contribution in [1.82, 2.24) is 14.5 Å². The molecule has 0 aromatic carbocycles. The first-order valence-corrected chi connectivity index (χ1v) is 6.20. The van der Waals surface area contributed by atoms with Gasteiger partial charge < -0.3 is 10.0 Å². The maximum Gasteiger partial charge on any atom is 0.152 e. The molecule has 1 fully saturated rings. The summed E-state index contributed by atoms with van der Waals surface area (Å²) in [6, 6.07) is 5.61. The summed E-state index contributed by atoms with van der Waals surface area (Å²) in [7, 11) is 0. The van der Waals surface area contributed by atoms with Crippen molar-refractivity contribution in [2.75, 3.05) is 24.6 Å². The second kappa shape index (κ2) is 4.62. The highest BCUT2D eigenvalue weighted by Crippen LogP contribution is 2.28. The first-order chi connectivity index (χ1) is 9.20. The first-order valence-electron chi connectivity index (χ1n) is 6.20. The van der Waals surface area contributed by atoms with Crippen LogP contribution in [0.2, 0.25) is 0 Å². The lowest BCUT2D eigenvalue weighted by Gasteiger charge is -2.20. The molecule has 1 N–H and O–H groups in total. The smallest absolute Gasteiger partial charge is 0.152 e. The van der Waals surface area contributed by atoms with E-state index in [-0.39, 0.29) is 6.54 Å². The van der Waals surface area contributed by atoms with Crippen molar-refractivity contribution < 1.29 is 9.50 Å². The molecule has 1 saturated heterocycles. The van der Waals surface area contributed by atoms with Gasteiger partial charge in [0, 0.05) is 25.4 Å². The van der Waals surface area contributed by atoms with Crippen LogP contribution in [0, 0.1) is 0 Å². The van der Waals surface area contributed by atoms with Gasteiger partial charge in [0.15, 0.2) is 5.67 Å². The maximum absolute atomic E-state index is 14.0. The molecule has 1 aliphatic heterocycles. The second-order valence-electron chi connectivity index (χ2n) is 4.80. The van der Waals surface area contributed by atoms with Gasteiger partial charge in [0.25, 0.3) is 0 Å². The molecule has 0 radical (unpaired) electrons. The molecule has 0 aliphatic carbocycles. The SMILES string of the molecule is OCC1(F)CCN(c2cccc(-n3ccnc3)n2)C1. The third kappa shape index (κ3) is 2.31. The molecule has 0 amide bonds. The van der Waals surface area contributed by atoms with Crippen LogP contribution < -0.4 is 4.90 Å². The minimum Gasteiger partial charge on any atom is -0.393 e. The van der Waals surface area contributed by atoms with Crippen LogP contribution in [0.25, 0.3) is 5.82 Å². The number of aliphatic hydroxyl groups is 1. The van der Waals surface area contributed by atoms with Gasteiger partial charge >= 0.3 is 0 Å². The van der Waals surface area contributed by atoms with E-state index in [0.29, 0.717) is 13.0 Å². The van der Waals surface area contributed by atoms with Gasteiger partial charge in [0.1, 0.15) is 18.0 Å². The lowest BCUT2D eigenvalue weighted by atomic mass is 10.1. The van der Waals surface area contributed by atoms with Gasteiger partial charge in [-0.3, -0.25) is 4.57 Å². The fourth-order valence-corrected chi connectivity index (χ4v) is 2.29. The van der Waals surface area contributed by atoms with E-state index in [2.05, 4.69) is 9.97 Å². The molecule has 2 aromatic rings. The number of nitrogens with zero attached hydrogens (tertiary/aromatic N) is 4. The maximum atomic E-state index is 14.0. The Bertz CT molecular complexity index is 560. The molecule has 2 aromatic heterocycles. The number of anilines is 1. The van der Waals surface area contributed by atoms with Crippen molar-refractivity contribution in [1.29, 1.82) is 0 Å². The Balaban J connectivity index is 1.85.